The molecule has 0 spiro atoms. The minimum atomic E-state index is -1.75. The molecule has 0 atom stereocenters. The van der Waals surface area contributed by atoms with Crippen LogP contribution < -0.4 is 32.9 Å². The van der Waals surface area contributed by atoms with Gasteiger partial charge in [-0.1, -0.05) is 63.1 Å². The molecular weight excluding hydrogens is 564 g/mol. The summed E-state index contributed by atoms with van der Waals surface area (Å²) in [5.74, 6) is 2.45. The lowest BCUT2D eigenvalue weighted by atomic mass is 10.3. The number of nitrogens with two attached hydrogens (primary N) is 4. The highest BCUT2D eigenvalue weighted by molar-refractivity contribution is 7.99. The number of aliphatic imine (C=N–C) groups is 2. The van der Waals surface area contributed by atoms with E-state index in [0.29, 0.717) is 0 Å². The van der Waals surface area contributed by atoms with Crippen molar-refractivity contribution >= 4 is 46.8 Å². The average molecular weight is 603 g/mol. The van der Waals surface area contributed by atoms with E-state index >= 15 is 0 Å². The van der Waals surface area contributed by atoms with E-state index in [1.807, 2.05) is 60.2 Å². The first-order valence-corrected chi connectivity index (χ1v) is 14.0. The number of thioether (sulfide) groups is 2. The Hall–Kier alpha value is -4.06. The molecule has 2 aromatic heterocycles. The average Bonchev–Trinajstić information content (AvgIpc) is 2.86. The van der Waals surface area contributed by atoms with Gasteiger partial charge >= 0.3 is 0 Å². The normalized spacial score (nSPS) is 9.25. The molecule has 2 aromatic rings. The molecule has 40 heavy (non-hydrogen) atoms. The lowest BCUT2D eigenvalue weighted by Gasteiger charge is -1.96. The van der Waals surface area contributed by atoms with Crippen molar-refractivity contribution in [3.63, 3.8) is 0 Å². The lowest BCUT2D eigenvalue weighted by molar-refractivity contribution is -0.426. The summed E-state index contributed by atoms with van der Waals surface area (Å²) in [5.41, 5.74) is 22.6. The van der Waals surface area contributed by atoms with Crippen molar-refractivity contribution < 1.29 is 20.1 Å². The van der Waals surface area contributed by atoms with Crippen LogP contribution in [0.25, 0.3) is 0 Å². The van der Waals surface area contributed by atoms with Crippen molar-refractivity contribution in [1.82, 2.24) is 0 Å². The van der Waals surface area contributed by atoms with E-state index in [4.69, 9.17) is 53.6 Å². The van der Waals surface area contributed by atoms with Gasteiger partial charge in [0.25, 0.3) is 0 Å². The molecule has 18 heteroatoms. The Morgan fingerprint density at radius 1 is 0.700 bits per heavy atom. The Bertz CT molecular complexity index is 915. The third-order valence-electron chi connectivity index (χ3n) is 4.06. The maximum absolute atomic E-state index is 8.25. The molecule has 0 aromatic carbocycles. The van der Waals surface area contributed by atoms with Crippen LogP contribution in [-0.4, -0.2) is 33.6 Å². The van der Waals surface area contributed by atoms with Gasteiger partial charge in [0.05, 0.1) is 10.2 Å². The first-order valence-electron chi connectivity index (χ1n) is 12.0. The van der Waals surface area contributed by atoms with Crippen molar-refractivity contribution in [2.75, 3.05) is 11.5 Å². The Labute approximate surface area is 241 Å². The number of rotatable bonds is 12. The van der Waals surface area contributed by atoms with Crippen molar-refractivity contribution in [3.8, 4) is 0 Å². The van der Waals surface area contributed by atoms with E-state index in [1.165, 1.54) is 38.5 Å². The maximum Gasteiger partial charge on any atom is 0.238 e. The molecule has 2 heterocycles. The molecular formula is C22H38N10O6S2. The highest BCUT2D eigenvalue weighted by atomic mass is 32.2. The Morgan fingerprint density at radius 3 is 1.25 bits per heavy atom. The van der Waals surface area contributed by atoms with Gasteiger partial charge < -0.3 is 53.6 Å². The number of aromatic amines is 2. The van der Waals surface area contributed by atoms with Crippen molar-refractivity contribution in [2.45, 2.75) is 62.4 Å². The standard InChI is InChI=1S/2C11H18N4S.2NO3/c2*1-2-3-4-7-16-10-6-5-9(8-14-10)15-11(12)13;2*2-1(3)4/h2*5-6,8H,2-4,7H2,1H3,(H4,12,13,15);;/q;;2*-1/p+2. The fourth-order valence-electron chi connectivity index (χ4n) is 2.49. The molecule has 0 radical (unpaired) electrons. The second-order valence-electron chi connectivity index (χ2n) is 7.45. The van der Waals surface area contributed by atoms with E-state index in [0.717, 1.165) is 32.9 Å². The molecule has 0 amide bonds. The zero-order valence-electron chi connectivity index (χ0n) is 22.5. The Kier molecular flexibility index (Phi) is 24.0. The van der Waals surface area contributed by atoms with Gasteiger partial charge in [-0.15, -0.1) is 0 Å². The van der Waals surface area contributed by atoms with Crippen molar-refractivity contribution in [3.05, 3.63) is 67.3 Å². The number of H-pyrrole nitrogens is 2. The van der Waals surface area contributed by atoms with Gasteiger partial charge in [-0.25, -0.2) is 20.0 Å². The molecule has 0 saturated heterocycles. The summed E-state index contributed by atoms with van der Waals surface area (Å²) in [6, 6.07) is 7.80. The number of hydrogen-bond acceptors (Lipinski definition) is 10. The van der Waals surface area contributed by atoms with Crippen LogP contribution in [0.1, 0.15) is 52.4 Å². The Morgan fingerprint density at radius 2 is 1.02 bits per heavy atom. The summed E-state index contributed by atoms with van der Waals surface area (Å²) in [6.45, 7) is 4.42. The van der Waals surface area contributed by atoms with Crippen LogP contribution in [0.3, 0.4) is 0 Å². The molecule has 0 saturated carbocycles. The molecule has 10 N–H and O–H groups in total. The first kappa shape index (κ1) is 38.1. The predicted molar refractivity (Wildman–Crippen MR) is 158 cm³/mol. The van der Waals surface area contributed by atoms with Gasteiger partial charge in [0.1, 0.15) is 11.4 Å². The first-order chi connectivity index (χ1) is 18.9. The van der Waals surface area contributed by atoms with Gasteiger partial charge in [0.2, 0.25) is 10.1 Å². The minimum Gasteiger partial charge on any atom is -0.370 e. The van der Waals surface area contributed by atoms with Crippen LogP contribution in [0, 0.1) is 30.6 Å². The van der Waals surface area contributed by atoms with E-state index in [2.05, 4.69) is 33.8 Å². The molecule has 0 unspecified atom stereocenters. The van der Waals surface area contributed by atoms with Crippen LogP contribution >= 0.6 is 23.5 Å². The predicted octanol–water partition coefficient (Wildman–Crippen LogP) is 2.90. The number of nitrogens with zero attached hydrogens (tertiary/aromatic N) is 4. The number of guanidine groups is 2. The van der Waals surface area contributed by atoms with Gasteiger partial charge in [-0.3, -0.25) is 0 Å². The third kappa shape index (κ3) is 28.5. The number of aromatic nitrogens is 2. The van der Waals surface area contributed by atoms with Crippen LogP contribution in [0.5, 0.6) is 0 Å². The van der Waals surface area contributed by atoms with Crippen LogP contribution in [0.2, 0.25) is 0 Å². The summed E-state index contributed by atoms with van der Waals surface area (Å²) >= 11 is 3.64. The SMILES string of the molecule is CCCCCSc1ccc(N=C(N)N)c[nH+]1.CCCCCSc1ccc(N=C(N)N)c[nH+]1.O=[N+]([O-])[O-].O=[N+]([O-])[O-]. The maximum atomic E-state index is 8.25. The summed E-state index contributed by atoms with van der Waals surface area (Å²) in [7, 11) is 0. The van der Waals surface area contributed by atoms with Gasteiger partial charge in [0.15, 0.2) is 24.3 Å². The third-order valence-corrected chi connectivity index (χ3v) is 6.18. The monoisotopic (exact) mass is 602 g/mol. The van der Waals surface area contributed by atoms with Crippen molar-refractivity contribution in [2.24, 2.45) is 32.9 Å². The number of hydrogen-bond donors (Lipinski definition) is 4. The summed E-state index contributed by atoms with van der Waals surface area (Å²) < 4.78 is 0. The van der Waals surface area contributed by atoms with E-state index in [-0.39, 0.29) is 11.9 Å². The lowest BCUT2D eigenvalue weighted by Crippen LogP contribution is -2.22. The second-order valence-corrected chi connectivity index (χ2v) is 9.73. The number of nitrogens with one attached hydrogen (secondary N) is 2. The number of pyridine rings is 2. The smallest absolute Gasteiger partial charge is 0.238 e. The Balaban J connectivity index is 0. The quantitative estimate of drug-likeness (QED) is 0.0680. The fourth-order valence-corrected chi connectivity index (χ4v) is 4.24. The van der Waals surface area contributed by atoms with Crippen LogP contribution in [0.15, 0.2) is 56.7 Å². The highest BCUT2D eigenvalue weighted by Gasteiger charge is 2.03. The number of unbranched alkanes of at least 4 members (excludes halogenated alkanes) is 4. The zero-order chi connectivity index (χ0) is 30.8. The molecule has 0 aliphatic carbocycles. The summed E-state index contributed by atoms with van der Waals surface area (Å²) in [5, 5.41) is 31.8. The van der Waals surface area contributed by atoms with E-state index in [9.17, 15) is 0 Å². The molecule has 0 aliphatic rings. The second kappa shape index (κ2) is 25.2. The molecule has 2 rings (SSSR count). The molecule has 224 valence electrons. The summed E-state index contributed by atoms with van der Waals surface area (Å²) in [6.07, 6.45) is 11.2. The summed E-state index contributed by atoms with van der Waals surface area (Å²) in [4.78, 5) is 30.7. The van der Waals surface area contributed by atoms with Crippen LogP contribution in [0.4, 0.5) is 11.4 Å². The molecule has 0 aliphatic heterocycles. The van der Waals surface area contributed by atoms with Gasteiger partial charge in [0, 0.05) is 23.6 Å². The minimum absolute atomic E-state index is 0.0803. The molecule has 16 nitrogen and oxygen atoms in total. The molecule has 0 fully saturated rings. The fraction of sp³-hybridized carbons (Fsp3) is 0.455. The topological polar surface area (TPSA) is 289 Å². The van der Waals surface area contributed by atoms with E-state index in [1.54, 1.807) is 0 Å². The van der Waals surface area contributed by atoms with Crippen LogP contribution in [-0.2, 0) is 0 Å². The molecule has 0 bridgehead atoms. The van der Waals surface area contributed by atoms with Gasteiger partial charge in [-0.2, -0.15) is 0 Å². The largest absolute Gasteiger partial charge is 0.370 e. The van der Waals surface area contributed by atoms with E-state index < -0.39 is 10.2 Å². The van der Waals surface area contributed by atoms with Crippen molar-refractivity contribution in [1.29, 1.82) is 0 Å². The highest BCUT2D eigenvalue weighted by Crippen LogP contribution is 2.18. The van der Waals surface area contributed by atoms with Gasteiger partial charge in [-0.05, 0) is 25.0 Å². The zero-order valence-corrected chi connectivity index (χ0v) is 24.1.